The first-order chi connectivity index (χ1) is 14.0. The molecule has 0 aliphatic carbocycles. The number of carbonyl (C=O) groups excluding carboxylic acids is 2. The Hall–Kier alpha value is -2.45. The van der Waals surface area contributed by atoms with Gasteiger partial charge in [0.25, 0.3) is 0 Å². The first kappa shape index (κ1) is 21.3. The molecule has 0 unspecified atom stereocenters. The number of halogens is 1. The van der Waals surface area contributed by atoms with Crippen molar-refractivity contribution in [3.63, 3.8) is 0 Å². The lowest BCUT2D eigenvalue weighted by Crippen LogP contribution is -2.15. The fourth-order valence-electron chi connectivity index (χ4n) is 2.82. The smallest absolute Gasteiger partial charge is 0.337 e. The van der Waals surface area contributed by atoms with E-state index >= 15 is 0 Å². The number of esters is 1. The van der Waals surface area contributed by atoms with Gasteiger partial charge in [-0.05, 0) is 61.6 Å². The molecule has 0 spiro atoms. The van der Waals surface area contributed by atoms with Crippen LogP contribution in [0.3, 0.4) is 0 Å². The highest BCUT2D eigenvalue weighted by Gasteiger charge is 2.11. The lowest BCUT2D eigenvalue weighted by Gasteiger charge is -2.02. The van der Waals surface area contributed by atoms with Crippen molar-refractivity contribution in [2.24, 2.45) is 4.99 Å². The number of hydrogen-bond acceptors (Lipinski definition) is 5. The Morgan fingerprint density at radius 3 is 2.66 bits per heavy atom. The van der Waals surface area contributed by atoms with Gasteiger partial charge in [0.1, 0.15) is 5.82 Å². The molecule has 152 valence electrons. The van der Waals surface area contributed by atoms with Gasteiger partial charge in [0.15, 0.2) is 4.80 Å². The summed E-state index contributed by atoms with van der Waals surface area (Å²) >= 11 is 2.97. The monoisotopic (exact) mass is 432 g/mol. The normalized spacial score (nSPS) is 11.8. The summed E-state index contributed by atoms with van der Waals surface area (Å²) in [4.78, 5) is 30.0. The molecule has 2 aromatic carbocycles. The molecule has 0 aliphatic rings. The second-order valence-electron chi connectivity index (χ2n) is 6.21. The van der Waals surface area contributed by atoms with Crippen LogP contribution in [-0.2, 0) is 16.1 Å². The van der Waals surface area contributed by atoms with Gasteiger partial charge >= 0.3 is 5.97 Å². The topological polar surface area (TPSA) is 60.7 Å². The number of hydrogen-bond donors (Lipinski definition) is 0. The summed E-state index contributed by atoms with van der Waals surface area (Å²) in [5.74, 6) is -0.0620. The predicted octanol–water partition coefficient (Wildman–Crippen LogP) is 4.65. The second kappa shape index (κ2) is 9.84. The van der Waals surface area contributed by atoms with Gasteiger partial charge < -0.3 is 9.30 Å². The van der Waals surface area contributed by atoms with Crippen molar-refractivity contribution in [1.82, 2.24) is 4.57 Å². The third-order valence-corrected chi connectivity index (χ3v) is 6.40. The van der Waals surface area contributed by atoms with Crippen molar-refractivity contribution in [1.29, 1.82) is 0 Å². The molecule has 0 atom stereocenters. The predicted molar refractivity (Wildman–Crippen MR) is 114 cm³/mol. The van der Waals surface area contributed by atoms with Gasteiger partial charge in [0.2, 0.25) is 5.91 Å². The SMILES string of the molecule is CCn1c(=NC(=O)CCCSc2ccc(F)cc2)sc2cc(C(=O)OC)ccc21. The number of carbonyl (C=O) groups is 2. The Balaban J connectivity index is 1.68. The molecule has 8 heteroatoms. The third kappa shape index (κ3) is 5.33. The minimum atomic E-state index is -0.392. The van der Waals surface area contributed by atoms with E-state index in [9.17, 15) is 14.0 Å². The van der Waals surface area contributed by atoms with Crippen molar-refractivity contribution in [3.05, 3.63) is 58.6 Å². The zero-order valence-electron chi connectivity index (χ0n) is 16.2. The number of rotatable bonds is 7. The van der Waals surface area contributed by atoms with E-state index in [1.807, 2.05) is 17.6 Å². The number of thiazole rings is 1. The number of aromatic nitrogens is 1. The number of thioether (sulfide) groups is 1. The molecule has 1 heterocycles. The molecule has 1 amide bonds. The number of aryl methyl sites for hydroxylation is 1. The molecule has 0 bridgehead atoms. The molecule has 0 saturated heterocycles. The Bertz CT molecular complexity index is 1090. The molecule has 0 fully saturated rings. The molecule has 1 aromatic heterocycles. The van der Waals surface area contributed by atoms with Crippen LogP contribution in [0.2, 0.25) is 0 Å². The number of nitrogens with zero attached hydrogens (tertiary/aromatic N) is 2. The molecule has 0 radical (unpaired) electrons. The highest BCUT2D eigenvalue weighted by Crippen LogP contribution is 2.21. The van der Waals surface area contributed by atoms with E-state index in [-0.39, 0.29) is 11.7 Å². The molecular weight excluding hydrogens is 411 g/mol. The minimum absolute atomic E-state index is 0.174. The van der Waals surface area contributed by atoms with Crippen LogP contribution in [0.15, 0.2) is 52.4 Å². The molecule has 0 N–H and O–H groups in total. The van der Waals surface area contributed by atoms with Crippen molar-refractivity contribution in [2.75, 3.05) is 12.9 Å². The van der Waals surface area contributed by atoms with Crippen LogP contribution in [0.25, 0.3) is 10.2 Å². The van der Waals surface area contributed by atoms with Crippen molar-refractivity contribution >= 4 is 45.2 Å². The first-order valence-corrected chi connectivity index (χ1v) is 11.0. The van der Waals surface area contributed by atoms with Gasteiger partial charge in [-0.25, -0.2) is 9.18 Å². The van der Waals surface area contributed by atoms with Crippen LogP contribution in [-0.4, -0.2) is 29.3 Å². The van der Waals surface area contributed by atoms with Crippen LogP contribution in [0.1, 0.15) is 30.1 Å². The average molecular weight is 433 g/mol. The molecular formula is C21H21FN2O3S2. The van der Waals surface area contributed by atoms with Crippen molar-refractivity contribution in [3.8, 4) is 0 Å². The third-order valence-electron chi connectivity index (χ3n) is 4.26. The Labute approximate surface area is 176 Å². The standard InChI is InChI=1S/C21H21FN2O3S2/c1-3-24-17-11-6-14(20(26)27-2)13-18(17)29-21(24)23-19(25)5-4-12-28-16-9-7-15(22)8-10-16/h6-11,13H,3-5,12H2,1-2H3. The molecule has 3 rings (SSSR count). The maximum absolute atomic E-state index is 12.9. The van der Waals surface area contributed by atoms with Gasteiger partial charge in [0, 0.05) is 17.9 Å². The highest BCUT2D eigenvalue weighted by atomic mass is 32.2. The number of amides is 1. The zero-order chi connectivity index (χ0) is 20.8. The van der Waals surface area contributed by atoms with E-state index in [0.717, 1.165) is 20.9 Å². The second-order valence-corrected chi connectivity index (χ2v) is 8.39. The first-order valence-electron chi connectivity index (χ1n) is 9.19. The quantitative estimate of drug-likeness (QED) is 0.310. The van der Waals surface area contributed by atoms with Crippen LogP contribution in [0, 0.1) is 5.82 Å². The van der Waals surface area contributed by atoms with E-state index in [4.69, 9.17) is 4.74 Å². The summed E-state index contributed by atoms with van der Waals surface area (Å²) in [6, 6.07) is 11.7. The maximum atomic E-state index is 12.9. The van der Waals surface area contributed by atoms with Gasteiger partial charge in [-0.1, -0.05) is 11.3 Å². The zero-order valence-corrected chi connectivity index (χ0v) is 17.8. The van der Waals surface area contributed by atoms with Crippen LogP contribution in [0.4, 0.5) is 4.39 Å². The van der Waals surface area contributed by atoms with E-state index in [0.29, 0.717) is 29.8 Å². The number of fused-ring (bicyclic) bond motifs is 1. The summed E-state index contributed by atoms with van der Waals surface area (Å²) in [5.41, 5.74) is 1.41. The van der Waals surface area contributed by atoms with Crippen LogP contribution < -0.4 is 4.80 Å². The highest BCUT2D eigenvalue weighted by molar-refractivity contribution is 7.99. The minimum Gasteiger partial charge on any atom is -0.465 e. The van der Waals surface area contributed by atoms with E-state index in [1.165, 1.54) is 30.6 Å². The van der Waals surface area contributed by atoms with Gasteiger partial charge in [-0.15, -0.1) is 11.8 Å². The molecule has 0 aliphatic heterocycles. The van der Waals surface area contributed by atoms with Crippen molar-refractivity contribution in [2.45, 2.75) is 31.2 Å². The Morgan fingerprint density at radius 1 is 1.21 bits per heavy atom. The Morgan fingerprint density at radius 2 is 1.97 bits per heavy atom. The summed E-state index contributed by atoms with van der Waals surface area (Å²) < 4.78 is 20.5. The lowest BCUT2D eigenvalue weighted by molar-refractivity contribution is -0.118. The Kier molecular flexibility index (Phi) is 7.22. The van der Waals surface area contributed by atoms with Gasteiger partial charge in [-0.3, -0.25) is 4.79 Å². The van der Waals surface area contributed by atoms with E-state index < -0.39 is 5.97 Å². The number of ether oxygens (including phenoxy) is 1. The van der Waals surface area contributed by atoms with E-state index in [1.54, 1.807) is 36.0 Å². The van der Waals surface area contributed by atoms with Crippen LogP contribution >= 0.6 is 23.1 Å². The number of methoxy groups -OCH3 is 1. The summed E-state index contributed by atoms with van der Waals surface area (Å²) in [7, 11) is 1.35. The molecule has 5 nitrogen and oxygen atoms in total. The fraction of sp³-hybridized carbons (Fsp3) is 0.286. The molecule has 29 heavy (non-hydrogen) atoms. The van der Waals surface area contributed by atoms with E-state index in [2.05, 4.69) is 4.99 Å². The van der Waals surface area contributed by atoms with Gasteiger partial charge in [0.05, 0.1) is 22.9 Å². The van der Waals surface area contributed by atoms with Gasteiger partial charge in [-0.2, -0.15) is 4.99 Å². The molecule has 0 saturated carbocycles. The maximum Gasteiger partial charge on any atom is 0.337 e. The average Bonchev–Trinajstić information content (AvgIpc) is 3.07. The summed E-state index contributed by atoms with van der Waals surface area (Å²) in [6.07, 6.45) is 1.04. The summed E-state index contributed by atoms with van der Waals surface area (Å²) in [6.45, 7) is 2.66. The fourth-order valence-corrected chi connectivity index (χ4v) is 4.82. The number of benzene rings is 2. The largest absolute Gasteiger partial charge is 0.465 e. The summed E-state index contributed by atoms with van der Waals surface area (Å²) in [5, 5.41) is 0. The lowest BCUT2D eigenvalue weighted by atomic mass is 10.2. The van der Waals surface area contributed by atoms with Crippen LogP contribution in [0.5, 0.6) is 0 Å². The molecule has 3 aromatic rings. The van der Waals surface area contributed by atoms with Crippen molar-refractivity contribution < 1.29 is 18.7 Å².